The van der Waals surface area contributed by atoms with Crippen molar-refractivity contribution in [3.05, 3.63) is 34.9 Å². The smallest absolute Gasteiger partial charge is 0.223 e. The summed E-state index contributed by atoms with van der Waals surface area (Å²) < 4.78 is 0. The first kappa shape index (κ1) is 19.3. The van der Waals surface area contributed by atoms with Crippen molar-refractivity contribution in [3.8, 4) is 0 Å². The molecule has 3 nitrogen and oxygen atoms in total. The summed E-state index contributed by atoms with van der Waals surface area (Å²) in [5.74, 6) is 1.35. The zero-order valence-electron chi connectivity index (χ0n) is 15.4. The molecule has 1 aliphatic rings. The molecule has 1 fully saturated rings. The Labute approximate surface area is 151 Å². The maximum atomic E-state index is 12.6. The third-order valence-electron chi connectivity index (χ3n) is 5.02. The van der Waals surface area contributed by atoms with Crippen LogP contribution in [-0.2, 0) is 11.3 Å². The average Bonchev–Trinajstić information content (AvgIpc) is 2.54. The number of nitrogens with zero attached hydrogens (tertiary/aromatic N) is 1. The Kier molecular flexibility index (Phi) is 7.12. The van der Waals surface area contributed by atoms with Crippen LogP contribution in [0.15, 0.2) is 24.3 Å². The predicted octanol–water partition coefficient (Wildman–Crippen LogP) is 4.35. The lowest BCUT2D eigenvalue weighted by molar-refractivity contribution is -0.127. The molecule has 0 saturated carbocycles. The van der Waals surface area contributed by atoms with Gasteiger partial charge in [0.15, 0.2) is 0 Å². The van der Waals surface area contributed by atoms with Crippen LogP contribution < -0.4 is 5.32 Å². The van der Waals surface area contributed by atoms with E-state index in [9.17, 15) is 4.79 Å². The van der Waals surface area contributed by atoms with Gasteiger partial charge in [-0.25, -0.2) is 0 Å². The Balaban J connectivity index is 1.81. The maximum Gasteiger partial charge on any atom is 0.223 e. The summed E-state index contributed by atoms with van der Waals surface area (Å²) in [5, 5.41) is 4.06. The van der Waals surface area contributed by atoms with E-state index < -0.39 is 0 Å². The van der Waals surface area contributed by atoms with Gasteiger partial charge in [-0.1, -0.05) is 51.4 Å². The number of hydrogen-bond donors (Lipinski definition) is 1. The van der Waals surface area contributed by atoms with Crippen LogP contribution in [0.4, 0.5) is 0 Å². The molecular formula is C20H31ClN2O. The molecule has 2 rings (SSSR count). The highest BCUT2D eigenvalue weighted by atomic mass is 35.5. The summed E-state index contributed by atoms with van der Waals surface area (Å²) in [7, 11) is 0. The fourth-order valence-electron chi connectivity index (χ4n) is 3.59. The average molecular weight is 351 g/mol. The third-order valence-corrected chi connectivity index (χ3v) is 5.28. The first-order valence-corrected chi connectivity index (χ1v) is 9.51. The number of carbonyl (C=O) groups excluding carboxylic acids is 1. The van der Waals surface area contributed by atoms with Crippen LogP contribution in [0.25, 0.3) is 0 Å². The van der Waals surface area contributed by atoms with Crippen molar-refractivity contribution >= 4 is 17.5 Å². The van der Waals surface area contributed by atoms with Crippen LogP contribution in [-0.4, -0.2) is 29.9 Å². The molecule has 1 N–H and O–H groups in total. The van der Waals surface area contributed by atoms with Crippen molar-refractivity contribution in [1.29, 1.82) is 0 Å². The van der Waals surface area contributed by atoms with Gasteiger partial charge in [-0.15, -0.1) is 0 Å². The van der Waals surface area contributed by atoms with Gasteiger partial charge in [-0.3, -0.25) is 9.69 Å². The maximum absolute atomic E-state index is 12.6. The molecule has 1 aromatic carbocycles. The molecule has 0 atom stereocenters. The molecular weight excluding hydrogens is 320 g/mol. The molecule has 1 amide bonds. The monoisotopic (exact) mass is 350 g/mol. The van der Waals surface area contributed by atoms with E-state index in [1.807, 2.05) is 12.1 Å². The lowest BCUT2D eigenvalue weighted by Gasteiger charge is -2.33. The van der Waals surface area contributed by atoms with Crippen molar-refractivity contribution in [2.24, 2.45) is 17.8 Å². The number of nitrogens with one attached hydrogen (secondary N) is 1. The highest BCUT2D eigenvalue weighted by Crippen LogP contribution is 2.21. The van der Waals surface area contributed by atoms with Gasteiger partial charge < -0.3 is 5.32 Å². The summed E-state index contributed by atoms with van der Waals surface area (Å²) in [6.07, 6.45) is 1.89. The van der Waals surface area contributed by atoms with Gasteiger partial charge in [-0.05, 0) is 55.5 Å². The highest BCUT2D eigenvalue weighted by molar-refractivity contribution is 6.30. The number of piperidine rings is 1. The molecule has 0 aromatic heterocycles. The molecule has 1 aromatic rings. The van der Waals surface area contributed by atoms with E-state index in [0.717, 1.165) is 37.5 Å². The van der Waals surface area contributed by atoms with E-state index in [1.54, 1.807) is 0 Å². The molecule has 1 heterocycles. The fourth-order valence-corrected chi connectivity index (χ4v) is 3.71. The van der Waals surface area contributed by atoms with Crippen molar-refractivity contribution in [3.63, 3.8) is 0 Å². The van der Waals surface area contributed by atoms with E-state index in [2.05, 4.69) is 50.0 Å². The molecule has 134 valence electrons. The largest absolute Gasteiger partial charge is 0.353 e. The van der Waals surface area contributed by atoms with Crippen LogP contribution in [0.2, 0.25) is 5.02 Å². The molecule has 0 aliphatic carbocycles. The van der Waals surface area contributed by atoms with Crippen LogP contribution in [0.3, 0.4) is 0 Å². The van der Waals surface area contributed by atoms with Gasteiger partial charge in [0.25, 0.3) is 0 Å². The molecule has 0 radical (unpaired) electrons. The number of halogens is 1. The second-order valence-corrected chi connectivity index (χ2v) is 8.14. The molecule has 0 spiro atoms. The number of carbonyl (C=O) groups is 1. The molecule has 1 saturated heterocycles. The number of hydrogen-bond acceptors (Lipinski definition) is 2. The fraction of sp³-hybridized carbons (Fsp3) is 0.650. The quantitative estimate of drug-likeness (QED) is 0.827. The Morgan fingerprint density at radius 1 is 1.12 bits per heavy atom. The highest BCUT2D eigenvalue weighted by Gasteiger charge is 2.28. The normalized spacial score (nSPS) is 17.0. The number of amides is 1. The minimum Gasteiger partial charge on any atom is -0.353 e. The molecule has 24 heavy (non-hydrogen) atoms. The lowest BCUT2D eigenvalue weighted by Crippen LogP contribution is -2.47. The Bertz CT molecular complexity index is 511. The van der Waals surface area contributed by atoms with Gasteiger partial charge in [0, 0.05) is 23.5 Å². The van der Waals surface area contributed by atoms with Crippen molar-refractivity contribution in [2.45, 2.75) is 53.1 Å². The van der Waals surface area contributed by atoms with Gasteiger partial charge in [-0.2, -0.15) is 0 Å². The van der Waals surface area contributed by atoms with Crippen molar-refractivity contribution < 1.29 is 4.79 Å². The van der Waals surface area contributed by atoms with Crippen LogP contribution in [0.5, 0.6) is 0 Å². The third kappa shape index (κ3) is 5.49. The first-order chi connectivity index (χ1) is 11.4. The van der Waals surface area contributed by atoms with Crippen LogP contribution in [0, 0.1) is 17.8 Å². The first-order valence-electron chi connectivity index (χ1n) is 9.14. The van der Waals surface area contributed by atoms with Gasteiger partial charge in [0.2, 0.25) is 5.91 Å². The molecule has 0 unspecified atom stereocenters. The van der Waals surface area contributed by atoms with Gasteiger partial charge in [0.1, 0.15) is 0 Å². The number of benzene rings is 1. The van der Waals surface area contributed by atoms with Gasteiger partial charge >= 0.3 is 0 Å². The summed E-state index contributed by atoms with van der Waals surface area (Å²) >= 11 is 5.94. The van der Waals surface area contributed by atoms with Crippen molar-refractivity contribution in [2.75, 3.05) is 13.1 Å². The summed E-state index contributed by atoms with van der Waals surface area (Å²) in [6.45, 7) is 11.6. The Morgan fingerprint density at radius 3 is 2.17 bits per heavy atom. The molecule has 0 bridgehead atoms. The van der Waals surface area contributed by atoms with Crippen LogP contribution in [0.1, 0.15) is 46.1 Å². The summed E-state index contributed by atoms with van der Waals surface area (Å²) in [5.41, 5.74) is 1.28. The molecule has 1 aliphatic heterocycles. The van der Waals surface area contributed by atoms with E-state index in [-0.39, 0.29) is 17.9 Å². The Hall–Kier alpha value is -1.06. The predicted molar refractivity (Wildman–Crippen MR) is 101 cm³/mol. The Morgan fingerprint density at radius 2 is 1.67 bits per heavy atom. The van der Waals surface area contributed by atoms with E-state index >= 15 is 0 Å². The minimum absolute atomic E-state index is 0.159. The van der Waals surface area contributed by atoms with E-state index in [0.29, 0.717) is 11.8 Å². The second kappa shape index (κ2) is 8.87. The minimum atomic E-state index is 0.159. The topological polar surface area (TPSA) is 32.3 Å². The summed E-state index contributed by atoms with van der Waals surface area (Å²) in [6, 6.07) is 8.31. The van der Waals surface area contributed by atoms with Crippen molar-refractivity contribution in [1.82, 2.24) is 10.2 Å². The number of rotatable bonds is 6. The molecule has 4 heteroatoms. The lowest BCUT2D eigenvalue weighted by atomic mass is 9.90. The van der Waals surface area contributed by atoms with Gasteiger partial charge in [0.05, 0.1) is 0 Å². The SMILES string of the molecule is CC(C)C(NC(=O)C1CCN(Cc2ccc(Cl)cc2)CC1)C(C)C. The zero-order chi connectivity index (χ0) is 17.7. The zero-order valence-corrected chi connectivity index (χ0v) is 16.1. The van der Waals surface area contributed by atoms with E-state index in [1.165, 1.54) is 5.56 Å². The standard InChI is InChI=1S/C20H31ClN2O/c1-14(2)19(15(3)4)22-20(24)17-9-11-23(12-10-17)13-16-5-7-18(21)8-6-16/h5-8,14-15,17,19H,9-13H2,1-4H3,(H,22,24). The second-order valence-electron chi connectivity index (χ2n) is 7.70. The number of likely N-dealkylation sites (tertiary alicyclic amines) is 1. The summed E-state index contributed by atoms with van der Waals surface area (Å²) in [4.78, 5) is 15.0. The van der Waals surface area contributed by atoms with Crippen LogP contribution >= 0.6 is 11.6 Å². The van der Waals surface area contributed by atoms with E-state index in [4.69, 9.17) is 11.6 Å².